The molecule has 72 valence electrons. The SMILES string of the molecule is CCc1nc(N)nc(CCN)c1C. The Hall–Kier alpha value is -1.16. The third-order valence-corrected chi connectivity index (χ3v) is 2.08. The van der Waals surface area contributed by atoms with E-state index in [-0.39, 0.29) is 0 Å². The minimum Gasteiger partial charge on any atom is -0.368 e. The van der Waals surface area contributed by atoms with Gasteiger partial charge in [0.15, 0.2) is 0 Å². The predicted molar refractivity (Wildman–Crippen MR) is 53.3 cm³/mol. The van der Waals surface area contributed by atoms with Gasteiger partial charge in [0.2, 0.25) is 5.95 Å². The highest BCUT2D eigenvalue weighted by molar-refractivity contribution is 5.31. The second kappa shape index (κ2) is 4.18. The van der Waals surface area contributed by atoms with Gasteiger partial charge >= 0.3 is 0 Å². The smallest absolute Gasteiger partial charge is 0.220 e. The topological polar surface area (TPSA) is 77.8 Å². The summed E-state index contributed by atoms with van der Waals surface area (Å²) in [5.41, 5.74) is 14.2. The Bertz CT molecular complexity index is 296. The molecule has 4 N–H and O–H groups in total. The van der Waals surface area contributed by atoms with Crippen LogP contribution in [0.4, 0.5) is 5.95 Å². The van der Waals surface area contributed by atoms with Crippen LogP contribution in [0.2, 0.25) is 0 Å². The summed E-state index contributed by atoms with van der Waals surface area (Å²) in [5.74, 6) is 0.353. The van der Waals surface area contributed by atoms with Gasteiger partial charge < -0.3 is 11.5 Å². The van der Waals surface area contributed by atoms with Crippen LogP contribution in [0.25, 0.3) is 0 Å². The van der Waals surface area contributed by atoms with Crippen LogP contribution in [-0.2, 0) is 12.8 Å². The van der Waals surface area contributed by atoms with Gasteiger partial charge in [0, 0.05) is 12.1 Å². The summed E-state index contributed by atoms with van der Waals surface area (Å²) in [6, 6.07) is 0. The summed E-state index contributed by atoms with van der Waals surface area (Å²) >= 11 is 0. The summed E-state index contributed by atoms with van der Waals surface area (Å²) < 4.78 is 0. The lowest BCUT2D eigenvalue weighted by atomic mass is 10.1. The molecule has 13 heavy (non-hydrogen) atoms. The molecule has 0 amide bonds. The van der Waals surface area contributed by atoms with Gasteiger partial charge in [-0.3, -0.25) is 0 Å². The average molecular weight is 180 g/mol. The molecular formula is C9H16N4. The maximum absolute atomic E-state index is 5.57. The van der Waals surface area contributed by atoms with Gasteiger partial charge in [0.05, 0.1) is 5.69 Å². The van der Waals surface area contributed by atoms with Crippen molar-refractivity contribution < 1.29 is 0 Å². The standard InChI is InChI=1S/C9H16N4/c1-3-7-6(2)8(4-5-10)13-9(11)12-7/h3-5,10H2,1-2H3,(H2,11,12,13). The van der Waals surface area contributed by atoms with Gasteiger partial charge in [0.25, 0.3) is 0 Å². The summed E-state index contributed by atoms with van der Waals surface area (Å²) in [7, 11) is 0. The summed E-state index contributed by atoms with van der Waals surface area (Å²) in [6.07, 6.45) is 1.65. The summed E-state index contributed by atoms with van der Waals surface area (Å²) in [5, 5.41) is 0. The van der Waals surface area contributed by atoms with Crippen molar-refractivity contribution in [1.29, 1.82) is 0 Å². The Balaban J connectivity index is 3.11. The number of nitrogen functional groups attached to an aromatic ring is 1. The van der Waals surface area contributed by atoms with Crippen molar-refractivity contribution in [2.24, 2.45) is 5.73 Å². The van der Waals surface area contributed by atoms with Crippen LogP contribution in [0.3, 0.4) is 0 Å². The van der Waals surface area contributed by atoms with Gasteiger partial charge in [-0.1, -0.05) is 6.92 Å². The Morgan fingerprint density at radius 3 is 2.38 bits per heavy atom. The van der Waals surface area contributed by atoms with E-state index in [2.05, 4.69) is 16.9 Å². The molecule has 1 aromatic heterocycles. The zero-order valence-electron chi connectivity index (χ0n) is 8.17. The van der Waals surface area contributed by atoms with Crippen molar-refractivity contribution in [1.82, 2.24) is 9.97 Å². The number of rotatable bonds is 3. The fraction of sp³-hybridized carbons (Fsp3) is 0.556. The molecule has 0 unspecified atom stereocenters. The number of hydrogen-bond donors (Lipinski definition) is 2. The van der Waals surface area contributed by atoms with Gasteiger partial charge in [-0.25, -0.2) is 9.97 Å². The molecule has 1 heterocycles. The fourth-order valence-electron chi connectivity index (χ4n) is 1.36. The van der Waals surface area contributed by atoms with Crippen molar-refractivity contribution in [2.75, 3.05) is 12.3 Å². The lowest BCUT2D eigenvalue weighted by Crippen LogP contribution is -2.11. The Morgan fingerprint density at radius 1 is 1.23 bits per heavy atom. The van der Waals surface area contributed by atoms with Crippen molar-refractivity contribution in [3.8, 4) is 0 Å². The molecule has 0 atom stereocenters. The molecule has 4 nitrogen and oxygen atoms in total. The third kappa shape index (κ3) is 2.15. The maximum atomic E-state index is 5.57. The molecule has 0 aliphatic carbocycles. The van der Waals surface area contributed by atoms with Crippen molar-refractivity contribution in [3.05, 3.63) is 17.0 Å². The number of nitrogens with two attached hydrogens (primary N) is 2. The average Bonchev–Trinajstić information content (AvgIpc) is 2.11. The van der Waals surface area contributed by atoms with E-state index in [1.807, 2.05) is 6.92 Å². The summed E-state index contributed by atoms with van der Waals surface area (Å²) in [6.45, 7) is 4.67. The molecule has 0 bridgehead atoms. The number of aryl methyl sites for hydroxylation is 1. The zero-order valence-corrected chi connectivity index (χ0v) is 8.17. The summed E-state index contributed by atoms with van der Waals surface area (Å²) in [4.78, 5) is 8.32. The van der Waals surface area contributed by atoms with Crippen LogP contribution in [0.1, 0.15) is 23.9 Å². The molecule has 0 radical (unpaired) electrons. The minimum absolute atomic E-state index is 0.353. The Morgan fingerprint density at radius 2 is 1.85 bits per heavy atom. The monoisotopic (exact) mass is 180 g/mol. The molecule has 0 aliphatic rings. The first-order valence-electron chi connectivity index (χ1n) is 4.51. The molecule has 0 spiro atoms. The van der Waals surface area contributed by atoms with Crippen LogP contribution < -0.4 is 11.5 Å². The van der Waals surface area contributed by atoms with E-state index in [1.165, 1.54) is 0 Å². The molecule has 1 rings (SSSR count). The molecule has 0 saturated carbocycles. The normalized spacial score (nSPS) is 10.4. The molecule has 0 aliphatic heterocycles. The lowest BCUT2D eigenvalue weighted by Gasteiger charge is -2.08. The molecule has 1 aromatic rings. The van der Waals surface area contributed by atoms with Gasteiger partial charge in [0.1, 0.15) is 0 Å². The number of hydrogen-bond acceptors (Lipinski definition) is 4. The molecule has 0 saturated heterocycles. The lowest BCUT2D eigenvalue weighted by molar-refractivity contribution is 0.871. The highest BCUT2D eigenvalue weighted by Crippen LogP contribution is 2.12. The Kier molecular flexibility index (Phi) is 3.19. The highest BCUT2D eigenvalue weighted by atomic mass is 15.0. The Labute approximate surface area is 78.4 Å². The quantitative estimate of drug-likeness (QED) is 0.707. The van der Waals surface area contributed by atoms with E-state index in [0.29, 0.717) is 12.5 Å². The van der Waals surface area contributed by atoms with Gasteiger partial charge in [-0.05, 0) is 25.5 Å². The number of nitrogens with zero attached hydrogens (tertiary/aromatic N) is 2. The van der Waals surface area contributed by atoms with Crippen LogP contribution in [0, 0.1) is 6.92 Å². The second-order valence-electron chi connectivity index (χ2n) is 2.99. The highest BCUT2D eigenvalue weighted by Gasteiger charge is 2.06. The van der Waals surface area contributed by atoms with E-state index in [1.54, 1.807) is 0 Å². The minimum atomic E-state index is 0.353. The second-order valence-corrected chi connectivity index (χ2v) is 2.99. The van der Waals surface area contributed by atoms with E-state index >= 15 is 0 Å². The van der Waals surface area contributed by atoms with E-state index < -0.39 is 0 Å². The van der Waals surface area contributed by atoms with E-state index in [9.17, 15) is 0 Å². The molecular weight excluding hydrogens is 164 g/mol. The van der Waals surface area contributed by atoms with Crippen LogP contribution >= 0.6 is 0 Å². The van der Waals surface area contributed by atoms with Gasteiger partial charge in [-0.2, -0.15) is 0 Å². The van der Waals surface area contributed by atoms with E-state index in [0.717, 1.165) is 29.8 Å². The van der Waals surface area contributed by atoms with E-state index in [4.69, 9.17) is 11.5 Å². The van der Waals surface area contributed by atoms with Crippen molar-refractivity contribution in [3.63, 3.8) is 0 Å². The third-order valence-electron chi connectivity index (χ3n) is 2.08. The van der Waals surface area contributed by atoms with Crippen LogP contribution in [0.5, 0.6) is 0 Å². The van der Waals surface area contributed by atoms with Crippen molar-refractivity contribution in [2.45, 2.75) is 26.7 Å². The number of aromatic nitrogens is 2. The first kappa shape index (κ1) is 9.92. The molecule has 0 aromatic carbocycles. The van der Waals surface area contributed by atoms with Gasteiger partial charge in [-0.15, -0.1) is 0 Å². The number of anilines is 1. The van der Waals surface area contributed by atoms with Crippen molar-refractivity contribution >= 4 is 5.95 Å². The zero-order chi connectivity index (χ0) is 9.84. The first-order valence-corrected chi connectivity index (χ1v) is 4.51. The fourth-order valence-corrected chi connectivity index (χ4v) is 1.36. The molecule has 4 heteroatoms. The predicted octanol–water partition coefficient (Wildman–Crippen LogP) is 0.431. The largest absolute Gasteiger partial charge is 0.368 e. The molecule has 0 fully saturated rings. The van der Waals surface area contributed by atoms with Crippen LogP contribution in [0.15, 0.2) is 0 Å². The maximum Gasteiger partial charge on any atom is 0.220 e. The van der Waals surface area contributed by atoms with Crippen LogP contribution in [-0.4, -0.2) is 16.5 Å². The first-order chi connectivity index (χ1) is 6.19.